The number of ketones is 1. The molecule has 0 spiro atoms. The van der Waals surface area contributed by atoms with Gasteiger partial charge in [-0.05, 0) is 124 Å². The lowest BCUT2D eigenvalue weighted by Crippen LogP contribution is -2.55. The van der Waals surface area contributed by atoms with Gasteiger partial charge in [-0.15, -0.1) is 0 Å². The molecule has 1 aromatic rings. The first-order chi connectivity index (χ1) is 19.4. The fourth-order valence-electron chi connectivity index (χ4n) is 11.0. The molecule has 0 radical (unpaired) electrons. The van der Waals surface area contributed by atoms with Crippen LogP contribution in [0.1, 0.15) is 129 Å². The maximum absolute atomic E-state index is 12.3. The Labute approximate surface area is 243 Å². The quantitative estimate of drug-likeness (QED) is 0.356. The third-order valence-corrected chi connectivity index (χ3v) is 13.2. The zero-order valence-corrected chi connectivity index (χ0v) is 25.6. The van der Waals surface area contributed by atoms with Crippen LogP contribution >= 0.6 is 0 Å². The van der Waals surface area contributed by atoms with Gasteiger partial charge in [-0.1, -0.05) is 45.2 Å². The van der Waals surface area contributed by atoms with Gasteiger partial charge in [-0.3, -0.25) is 9.69 Å². The van der Waals surface area contributed by atoms with Crippen LogP contribution in [0.5, 0.6) is 5.75 Å². The maximum Gasteiger partial charge on any atom is 0.133 e. The minimum Gasteiger partial charge on any atom is -0.494 e. The van der Waals surface area contributed by atoms with E-state index in [1.807, 2.05) is 0 Å². The van der Waals surface area contributed by atoms with E-state index in [1.165, 1.54) is 63.4 Å². The van der Waals surface area contributed by atoms with E-state index >= 15 is 0 Å². The molecule has 4 heteroatoms. The van der Waals surface area contributed by atoms with Crippen molar-refractivity contribution in [2.45, 2.75) is 135 Å². The molecule has 0 heterocycles. The van der Waals surface area contributed by atoms with Crippen LogP contribution in [0.4, 0.5) is 0 Å². The molecule has 40 heavy (non-hydrogen) atoms. The molecule has 0 aromatic heterocycles. The van der Waals surface area contributed by atoms with Gasteiger partial charge < -0.3 is 9.84 Å². The summed E-state index contributed by atoms with van der Waals surface area (Å²) in [4.78, 5) is 15.0. The Morgan fingerprint density at radius 2 is 1.85 bits per heavy atom. The topological polar surface area (TPSA) is 49.8 Å². The van der Waals surface area contributed by atoms with Crippen molar-refractivity contribution in [1.82, 2.24) is 4.90 Å². The van der Waals surface area contributed by atoms with Gasteiger partial charge in [0.25, 0.3) is 0 Å². The van der Waals surface area contributed by atoms with E-state index in [9.17, 15) is 9.90 Å². The average Bonchev–Trinajstić information content (AvgIpc) is 3.30. The molecule has 5 aliphatic carbocycles. The maximum atomic E-state index is 12.3. The second-order valence-corrected chi connectivity index (χ2v) is 14.7. The first kappa shape index (κ1) is 28.7. The lowest BCUT2D eigenvalue weighted by Gasteiger charge is -2.60. The van der Waals surface area contributed by atoms with Gasteiger partial charge in [0.15, 0.2) is 0 Å². The third kappa shape index (κ3) is 5.08. The first-order valence-electron chi connectivity index (χ1n) is 17.0. The molecule has 4 nitrogen and oxygen atoms in total. The second kappa shape index (κ2) is 11.7. The van der Waals surface area contributed by atoms with Crippen molar-refractivity contribution in [2.75, 3.05) is 13.2 Å². The molecule has 222 valence electrons. The molecule has 0 amide bonds. The fourth-order valence-corrected chi connectivity index (χ4v) is 11.0. The zero-order valence-electron chi connectivity index (χ0n) is 25.6. The number of aliphatic hydroxyl groups excluding tert-OH is 1. The summed E-state index contributed by atoms with van der Waals surface area (Å²) in [6.45, 7) is 8.98. The zero-order chi connectivity index (χ0) is 27.9. The molecule has 5 fully saturated rings. The van der Waals surface area contributed by atoms with Crippen LogP contribution in [-0.4, -0.2) is 41.1 Å². The molecule has 5 saturated carbocycles. The number of benzene rings is 1. The molecule has 6 rings (SSSR count). The molecule has 0 bridgehead atoms. The molecular formula is C36H55NO3. The highest BCUT2D eigenvalue weighted by molar-refractivity contribution is 5.79. The predicted octanol–water partition coefficient (Wildman–Crippen LogP) is 8.12. The van der Waals surface area contributed by atoms with E-state index in [4.69, 9.17) is 4.74 Å². The van der Waals surface area contributed by atoms with Crippen LogP contribution in [-0.2, 0) is 4.79 Å². The lowest BCUT2D eigenvalue weighted by atomic mass is 9.44. The Bertz CT molecular complexity index is 1030. The van der Waals surface area contributed by atoms with Crippen molar-refractivity contribution in [3.05, 3.63) is 29.8 Å². The lowest BCUT2D eigenvalue weighted by molar-refractivity contribution is -0.145. The van der Waals surface area contributed by atoms with E-state index in [-0.39, 0.29) is 11.5 Å². The summed E-state index contributed by atoms with van der Waals surface area (Å²) >= 11 is 0. The monoisotopic (exact) mass is 549 g/mol. The van der Waals surface area contributed by atoms with Crippen LogP contribution in [0.25, 0.3) is 0 Å². The van der Waals surface area contributed by atoms with Gasteiger partial charge >= 0.3 is 0 Å². The number of fused-ring (bicyclic) bond motifs is 5. The van der Waals surface area contributed by atoms with Gasteiger partial charge in [-0.2, -0.15) is 0 Å². The van der Waals surface area contributed by atoms with Crippen molar-refractivity contribution in [2.24, 2.45) is 34.5 Å². The molecular weight excluding hydrogens is 494 g/mol. The molecule has 0 saturated heterocycles. The van der Waals surface area contributed by atoms with Crippen molar-refractivity contribution in [3.63, 3.8) is 0 Å². The summed E-state index contributed by atoms with van der Waals surface area (Å²) in [6, 6.07) is 9.95. The minimum atomic E-state index is -0.194. The number of aliphatic hydroxyl groups is 1. The Balaban J connectivity index is 1.11. The highest BCUT2D eigenvalue weighted by Gasteiger charge is 2.61. The Morgan fingerprint density at radius 3 is 2.65 bits per heavy atom. The summed E-state index contributed by atoms with van der Waals surface area (Å²) in [5, 5.41) is 11.4. The number of nitrogens with zero attached hydrogens (tertiary/aromatic N) is 1. The highest BCUT2D eigenvalue weighted by atomic mass is 16.5. The summed E-state index contributed by atoms with van der Waals surface area (Å²) in [7, 11) is 0. The number of ether oxygens (including phenoxy) is 1. The molecule has 1 aromatic carbocycles. The standard InChI is InChI=1S/C36H55NO3/c1-4-37(28-10-6-5-7-11-28)25(2)26-9-8-12-30(23-26)40-22-21-36-20-18-32-31(33(36)15-16-34(36)39)14-13-27-24-29(38)17-19-35(27,32)3/h8-9,12,23,25,27-28,31-34,39H,4-7,10-11,13-22,24H2,1-3H3/t25-,27?,31?,32?,33?,34+,35+,36-/m1/s1. The summed E-state index contributed by atoms with van der Waals surface area (Å²) in [6.07, 6.45) is 17.2. The van der Waals surface area contributed by atoms with Crippen molar-refractivity contribution in [1.29, 1.82) is 0 Å². The third-order valence-electron chi connectivity index (χ3n) is 13.2. The number of Topliss-reactive ketones (excluding diaryl/α,β-unsaturated/α-hetero) is 1. The van der Waals surface area contributed by atoms with Crippen molar-refractivity contribution in [3.8, 4) is 5.75 Å². The number of carbonyl (C=O) groups excluding carboxylic acids is 1. The average molecular weight is 550 g/mol. The summed E-state index contributed by atoms with van der Waals surface area (Å²) in [5.41, 5.74) is 1.70. The molecule has 4 unspecified atom stereocenters. The predicted molar refractivity (Wildman–Crippen MR) is 161 cm³/mol. The molecule has 1 N–H and O–H groups in total. The molecule has 8 atom stereocenters. The molecule has 5 aliphatic rings. The van der Waals surface area contributed by atoms with E-state index in [1.54, 1.807) is 0 Å². The number of rotatable bonds is 8. The molecule has 0 aliphatic heterocycles. The van der Waals surface area contributed by atoms with Gasteiger partial charge in [0.1, 0.15) is 11.5 Å². The van der Waals surface area contributed by atoms with E-state index in [0.29, 0.717) is 47.6 Å². The van der Waals surface area contributed by atoms with E-state index in [2.05, 4.69) is 49.9 Å². The van der Waals surface area contributed by atoms with Crippen LogP contribution in [0.15, 0.2) is 24.3 Å². The van der Waals surface area contributed by atoms with Crippen LogP contribution in [0, 0.1) is 34.5 Å². The number of carbonyl (C=O) groups is 1. The Kier molecular flexibility index (Phi) is 8.41. The van der Waals surface area contributed by atoms with Crippen molar-refractivity contribution >= 4 is 5.78 Å². The summed E-state index contributed by atoms with van der Waals surface area (Å²) in [5.74, 6) is 4.12. The minimum absolute atomic E-state index is 0.0136. The largest absolute Gasteiger partial charge is 0.494 e. The Morgan fingerprint density at radius 1 is 1.02 bits per heavy atom. The van der Waals surface area contributed by atoms with Gasteiger partial charge in [-0.25, -0.2) is 0 Å². The number of hydrogen-bond donors (Lipinski definition) is 1. The fraction of sp³-hybridized carbons (Fsp3) is 0.806. The number of hydrogen-bond acceptors (Lipinski definition) is 4. The van der Waals surface area contributed by atoms with Gasteiger partial charge in [0, 0.05) is 30.3 Å². The van der Waals surface area contributed by atoms with Crippen LogP contribution in [0.2, 0.25) is 0 Å². The van der Waals surface area contributed by atoms with E-state index in [0.717, 1.165) is 56.7 Å². The smallest absolute Gasteiger partial charge is 0.133 e. The van der Waals surface area contributed by atoms with Crippen LogP contribution < -0.4 is 4.74 Å². The summed E-state index contributed by atoms with van der Waals surface area (Å²) < 4.78 is 6.50. The van der Waals surface area contributed by atoms with Crippen LogP contribution in [0.3, 0.4) is 0 Å². The van der Waals surface area contributed by atoms with Gasteiger partial charge in [0.2, 0.25) is 0 Å². The normalized spacial score (nSPS) is 38.9. The van der Waals surface area contributed by atoms with Crippen molar-refractivity contribution < 1.29 is 14.6 Å². The van der Waals surface area contributed by atoms with E-state index < -0.39 is 0 Å². The SMILES string of the molecule is CCN(C1CCCCC1)[C@H](C)c1cccc(OCC[C@]23CCC4C(CCC5CC(=O)CC[C@@]54C)C2CC[C@@H]3O)c1. The Hall–Kier alpha value is -1.39. The highest BCUT2D eigenvalue weighted by Crippen LogP contribution is 2.66. The second-order valence-electron chi connectivity index (χ2n) is 14.7. The van der Waals surface area contributed by atoms with Gasteiger partial charge in [0.05, 0.1) is 12.7 Å². The first-order valence-corrected chi connectivity index (χ1v) is 17.0.